The molecule has 5 heteroatoms. The number of carbonyl (C=O) groups is 1. The molecule has 0 aliphatic heterocycles. The minimum Gasteiger partial charge on any atom is -0.477 e. The Bertz CT molecular complexity index is 379. The minimum absolute atomic E-state index is 0.320. The van der Waals surface area contributed by atoms with Crippen LogP contribution in [0.3, 0.4) is 0 Å². The summed E-state index contributed by atoms with van der Waals surface area (Å²) in [6, 6.07) is 4.80. The molecule has 0 aliphatic carbocycles. The molecule has 1 aromatic carbocycles. The number of hydrogen-bond acceptors (Lipinski definition) is 3. The van der Waals surface area contributed by atoms with E-state index in [-0.39, 0.29) is 0 Å². The third kappa shape index (κ3) is 3.58. The van der Waals surface area contributed by atoms with Crippen LogP contribution < -0.4 is 4.74 Å². The summed E-state index contributed by atoms with van der Waals surface area (Å²) in [5, 5.41) is 0.879. The van der Waals surface area contributed by atoms with Crippen molar-refractivity contribution in [2.24, 2.45) is 0 Å². The van der Waals surface area contributed by atoms with Crippen LogP contribution in [0.15, 0.2) is 18.2 Å². The summed E-state index contributed by atoms with van der Waals surface area (Å²) in [7, 11) is 0. The van der Waals surface area contributed by atoms with Crippen molar-refractivity contribution in [3.63, 3.8) is 0 Å². The van der Waals surface area contributed by atoms with Gasteiger partial charge in [0.15, 0.2) is 6.10 Å². The molecule has 0 spiro atoms. The van der Waals surface area contributed by atoms with Gasteiger partial charge in [0, 0.05) is 5.02 Å². The Morgan fingerprint density at radius 2 is 2.12 bits per heavy atom. The van der Waals surface area contributed by atoms with E-state index in [1.54, 1.807) is 32.0 Å². The predicted octanol–water partition coefficient (Wildman–Crippen LogP) is 3.32. The SMILES string of the molecule is CCOC(=O)[C@@H](C)Oc1ccc(Cl)cc1Cl. The molecule has 0 radical (unpaired) electrons. The molecule has 1 atom stereocenters. The van der Waals surface area contributed by atoms with Gasteiger partial charge in [-0.3, -0.25) is 0 Å². The molecule has 0 amide bonds. The maximum Gasteiger partial charge on any atom is 0.347 e. The Balaban J connectivity index is 2.69. The van der Waals surface area contributed by atoms with Crippen LogP contribution in [0.5, 0.6) is 5.75 Å². The Morgan fingerprint density at radius 3 is 2.69 bits per heavy atom. The van der Waals surface area contributed by atoms with Crippen LogP contribution in [0, 0.1) is 0 Å². The zero-order valence-corrected chi connectivity index (χ0v) is 10.5. The summed E-state index contributed by atoms with van der Waals surface area (Å²) in [5.41, 5.74) is 0. The highest BCUT2D eigenvalue weighted by atomic mass is 35.5. The first-order valence-electron chi connectivity index (χ1n) is 4.83. The Hall–Kier alpha value is -0.930. The standard InChI is InChI=1S/C11H12Cl2O3/c1-3-15-11(14)7(2)16-10-5-4-8(12)6-9(10)13/h4-7H,3H2,1-2H3/t7-/m1/s1. The molecule has 88 valence electrons. The van der Waals surface area contributed by atoms with Gasteiger partial charge in [0.25, 0.3) is 0 Å². The van der Waals surface area contributed by atoms with Crippen LogP contribution in [-0.2, 0) is 9.53 Å². The summed E-state index contributed by atoms with van der Waals surface area (Å²) in [5.74, 6) is -0.0138. The van der Waals surface area contributed by atoms with Crippen LogP contribution >= 0.6 is 23.2 Å². The molecule has 0 N–H and O–H groups in total. The fraction of sp³-hybridized carbons (Fsp3) is 0.364. The predicted molar refractivity (Wildman–Crippen MR) is 63.2 cm³/mol. The van der Waals surface area contributed by atoms with Crippen molar-refractivity contribution in [1.29, 1.82) is 0 Å². The second kappa shape index (κ2) is 5.97. The van der Waals surface area contributed by atoms with Crippen molar-refractivity contribution in [2.45, 2.75) is 20.0 Å². The Morgan fingerprint density at radius 1 is 1.44 bits per heavy atom. The maximum atomic E-state index is 11.3. The number of ether oxygens (including phenoxy) is 2. The third-order valence-corrected chi connectivity index (χ3v) is 2.35. The molecular weight excluding hydrogens is 251 g/mol. The highest BCUT2D eigenvalue weighted by molar-refractivity contribution is 6.35. The van der Waals surface area contributed by atoms with Crippen LogP contribution in [0.1, 0.15) is 13.8 Å². The molecule has 0 fully saturated rings. The number of rotatable bonds is 4. The molecule has 16 heavy (non-hydrogen) atoms. The van der Waals surface area contributed by atoms with Crippen molar-refractivity contribution in [3.05, 3.63) is 28.2 Å². The smallest absolute Gasteiger partial charge is 0.347 e. The summed E-state index contributed by atoms with van der Waals surface area (Å²) in [6.45, 7) is 3.66. The van der Waals surface area contributed by atoms with Gasteiger partial charge in [-0.15, -0.1) is 0 Å². The zero-order chi connectivity index (χ0) is 12.1. The van der Waals surface area contributed by atoms with Crippen molar-refractivity contribution in [2.75, 3.05) is 6.61 Å². The van der Waals surface area contributed by atoms with Crippen LogP contribution in [0.4, 0.5) is 0 Å². The van der Waals surface area contributed by atoms with Gasteiger partial charge in [-0.2, -0.15) is 0 Å². The van der Waals surface area contributed by atoms with E-state index in [1.165, 1.54) is 0 Å². The number of benzene rings is 1. The molecule has 3 nitrogen and oxygen atoms in total. The van der Waals surface area contributed by atoms with Crippen LogP contribution in [0.2, 0.25) is 10.0 Å². The molecule has 0 saturated heterocycles. The van der Waals surface area contributed by atoms with E-state index in [0.717, 1.165) is 0 Å². The molecule has 1 aromatic rings. The summed E-state index contributed by atoms with van der Waals surface area (Å²) < 4.78 is 10.2. The zero-order valence-electron chi connectivity index (χ0n) is 9.00. The second-order valence-electron chi connectivity index (χ2n) is 3.09. The van der Waals surface area contributed by atoms with Crippen molar-refractivity contribution < 1.29 is 14.3 Å². The monoisotopic (exact) mass is 262 g/mol. The number of esters is 1. The first kappa shape index (κ1) is 13.1. The third-order valence-electron chi connectivity index (χ3n) is 1.82. The van der Waals surface area contributed by atoms with E-state index in [2.05, 4.69) is 0 Å². The number of carbonyl (C=O) groups excluding carboxylic acids is 1. The first-order chi connectivity index (χ1) is 7.54. The van der Waals surface area contributed by atoms with E-state index < -0.39 is 12.1 Å². The first-order valence-corrected chi connectivity index (χ1v) is 5.58. The van der Waals surface area contributed by atoms with Gasteiger partial charge in [0.1, 0.15) is 5.75 Å². The van der Waals surface area contributed by atoms with E-state index >= 15 is 0 Å². The maximum absolute atomic E-state index is 11.3. The highest BCUT2D eigenvalue weighted by Crippen LogP contribution is 2.28. The van der Waals surface area contributed by atoms with Crippen molar-refractivity contribution in [3.8, 4) is 5.75 Å². The molecule has 0 unspecified atom stereocenters. The highest BCUT2D eigenvalue weighted by Gasteiger charge is 2.16. The number of halogens is 2. The van der Waals surface area contributed by atoms with Gasteiger partial charge in [0.05, 0.1) is 11.6 Å². The molecule has 0 aromatic heterocycles. The average molecular weight is 263 g/mol. The lowest BCUT2D eigenvalue weighted by Gasteiger charge is -2.14. The second-order valence-corrected chi connectivity index (χ2v) is 3.93. The van der Waals surface area contributed by atoms with Gasteiger partial charge in [-0.25, -0.2) is 4.79 Å². The van der Waals surface area contributed by atoms with Crippen LogP contribution in [-0.4, -0.2) is 18.7 Å². The van der Waals surface area contributed by atoms with Gasteiger partial charge >= 0.3 is 5.97 Å². The fourth-order valence-corrected chi connectivity index (χ4v) is 1.52. The lowest BCUT2D eigenvalue weighted by molar-refractivity contribution is -0.150. The summed E-state index contributed by atoms with van der Waals surface area (Å²) in [6.07, 6.45) is -0.696. The van der Waals surface area contributed by atoms with Gasteiger partial charge < -0.3 is 9.47 Å². The van der Waals surface area contributed by atoms with Crippen LogP contribution in [0.25, 0.3) is 0 Å². The van der Waals surface area contributed by atoms with E-state index in [9.17, 15) is 4.79 Å². The minimum atomic E-state index is -0.696. The Labute approximate surface area is 104 Å². The molecular formula is C11H12Cl2O3. The fourth-order valence-electron chi connectivity index (χ4n) is 1.07. The van der Waals surface area contributed by atoms with Gasteiger partial charge in [-0.05, 0) is 32.0 Å². The molecule has 0 saturated carbocycles. The quantitative estimate of drug-likeness (QED) is 0.781. The topological polar surface area (TPSA) is 35.5 Å². The molecule has 1 rings (SSSR count). The Kier molecular flexibility index (Phi) is 4.90. The lowest BCUT2D eigenvalue weighted by Crippen LogP contribution is -2.26. The normalized spacial score (nSPS) is 12.0. The van der Waals surface area contributed by atoms with Gasteiger partial charge in [0.2, 0.25) is 0 Å². The van der Waals surface area contributed by atoms with Crippen molar-refractivity contribution >= 4 is 29.2 Å². The van der Waals surface area contributed by atoms with Crippen molar-refractivity contribution in [1.82, 2.24) is 0 Å². The molecule has 0 bridgehead atoms. The lowest BCUT2D eigenvalue weighted by atomic mass is 10.3. The van der Waals surface area contributed by atoms with E-state index in [4.69, 9.17) is 32.7 Å². The number of hydrogen-bond donors (Lipinski definition) is 0. The van der Waals surface area contributed by atoms with E-state index in [0.29, 0.717) is 22.4 Å². The average Bonchev–Trinajstić information content (AvgIpc) is 2.22. The summed E-state index contributed by atoms with van der Waals surface area (Å²) in [4.78, 5) is 11.3. The van der Waals surface area contributed by atoms with Gasteiger partial charge in [-0.1, -0.05) is 23.2 Å². The molecule has 0 heterocycles. The molecule has 0 aliphatic rings. The van der Waals surface area contributed by atoms with E-state index in [1.807, 2.05) is 0 Å². The summed E-state index contributed by atoms with van der Waals surface area (Å²) >= 11 is 11.6. The largest absolute Gasteiger partial charge is 0.477 e.